The van der Waals surface area contributed by atoms with E-state index in [0.29, 0.717) is 30.3 Å². The highest BCUT2D eigenvalue weighted by molar-refractivity contribution is 6.75. The van der Waals surface area contributed by atoms with Gasteiger partial charge < -0.3 is 0 Å². The Morgan fingerprint density at radius 1 is 1.05 bits per heavy atom. The lowest BCUT2D eigenvalue weighted by molar-refractivity contribution is 0.503. The first-order chi connectivity index (χ1) is 10.1. The maximum atomic E-state index is 6.38. The Hall–Kier alpha value is 0.590. The van der Waals surface area contributed by atoms with Crippen LogP contribution in [0.3, 0.4) is 0 Å². The second-order valence-corrected chi connectivity index (χ2v) is 9.45. The first kappa shape index (κ1) is 20.6. The molecule has 0 amide bonds. The Morgan fingerprint density at radius 3 is 2.18 bits per heavy atom. The quantitative estimate of drug-likeness (QED) is 0.386. The molecule has 1 aromatic heterocycles. The molecule has 128 valence electrons. The summed E-state index contributed by atoms with van der Waals surface area (Å²) in [5.41, 5.74) is 1.17. The van der Waals surface area contributed by atoms with Gasteiger partial charge in [-0.25, -0.2) is 4.68 Å². The molecule has 0 aliphatic rings. The minimum atomic E-state index is -1.87. The second-order valence-electron chi connectivity index (χ2n) is 5.84. The molecule has 0 N–H and O–H groups in total. The van der Waals surface area contributed by atoms with Crippen molar-refractivity contribution in [2.45, 2.75) is 67.5 Å². The summed E-state index contributed by atoms with van der Waals surface area (Å²) < 4.78 is -1.89. The van der Waals surface area contributed by atoms with Gasteiger partial charge in [0, 0.05) is 6.54 Å². The Bertz CT molecular complexity index is 466. The van der Waals surface area contributed by atoms with Crippen LogP contribution in [0.5, 0.6) is 0 Å². The maximum absolute atomic E-state index is 6.38. The molecule has 0 fully saturated rings. The van der Waals surface area contributed by atoms with E-state index in [9.17, 15) is 0 Å². The Balaban J connectivity index is 3.10. The van der Waals surface area contributed by atoms with Gasteiger partial charge in [-0.1, -0.05) is 103 Å². The van der Waals surface area contributed by atoms with Crippen molar-refractivity contribution in [2.24, 2.45) is 5.92 Å². The summed E-state index contributed by atoms with van der Waals surface area (Å²) in [5, 5.41) is 8.37. The molecule has 0 saturated carbocycles. The molecule has 0 bridgehead atoms. The molecule has 3 nitrogen and oxygen atoms in total. The number of hydrogen-bond donors (Lipinski definition) is 0. The van der Waals surface area contributed by atoms with Gasteiger partial charge in [0.25, 0.3) is 0 Å². The van der Waals surface area contributed by atoms with Crippen LogP contribution >= 0.6 is 58.0 Å². The lowest BCUT2D eigenvalue weighted by Gasteiger charge is -2.28. The zero-order valence-corrected chi connectivity index (χ0v) is 16.8. The van der Waals surface area contributed by atoms with E-state index in [4.69, 9.17) is 58.0 Å². The third-order valence-electron chi connectivity index (χ3n) is 3.28. The van der Waals surface area contributed by atoms with Gasteiger partial charge in [0.1, 0.15) is 5.69 Å². The van der Waals surface area contributed by atoms with Crippen LogP contribution in [0.4, 0.5) is 0 Å². The van der Waals surface area contributed by atoms with Crippen LogP contribution in [0.2, 0.25) is 0 Å². The van der Waals surface area contributed by atoms with Crippen molar-refractivity contribution < 1.29 is 0 Å². The van der Waals surface area contributed by atoms with E-state index in [0.717, 1.165) is 19.3 Å². The van der Waals surface area contributed by atoms with E-state index < -0.39 is 8.13 Å². The molecule has 0 unspecified atom stereocenters. The Kier molecular flexibility index (Phi) is 8.08. The lowest BCUT2D eigenvalue weighted by atomic mass is 10.1. The van der Waals surface area contributed by atoms with E-state index in [-0.39, 0.29) is 0 Å². The molecule has 8 heteroatoms. The van der Waals surface area contributed by atoms with E-state index in [1.54, 1.807) is 4.68 Å². The number of rotatable bonds is 8. The van der Waals surface area contributed by atoms with Gasteiger partial charge in [0.05, 0.1) is 5.69 Å². The summed E-state index contributed by atoms with van der Waals surface area (Å²) in [4.78, 5) is 0. The van der Waals surface area contributed by atoms with Crippen molar-refractivity contribution in [3.63, 3.8) is 0 Å². The molecule has 0 atom stereocenters. The monoisotopic (exact) mass is 407 g/mol. The van der Waals surface area contributed by atoms with Gasteiger partial charge in [-0.15, -0.1) is 5.10 Å². The molecule has 22 heavy (non-hydrogen) atoms. The zero-order valence-electron chi connectivity index (χ0n) is 13.1. The van der Waals surface area contributed by atoms with Crippen LogP contribution in [0, 0.1) is 5.92 Å². The third-order valence-corrected chi connectivity index (χ3v) is 5.64. The lowest BCUT2D eigenvalue weighted by Crippen LogP contribution is -2.32. The first-order valence-electron chi connectivity index (χ1n) is 7.48. The molecule has 0 aromatic carbocycles. The highest BCUT2D eigenvalue weighted by atomic mass is 35.6. The van der Waals surface area contributed by atoms with Crippen molar-refractivity contribution in [2.75, 3.05) is 0 Å². The SMILES string of the molecule is CCCCCCn1nnc(CC(C)C)c1C(Cl)(Cl)C(Cl)(Cl)Cl. The van der Waals surface area contributed by atoms with Crippen molar-refractivity contribution in [1.29, 1.82) is 0 Å². The number of unbranched alkanes of at least 4 members (excludes halogenated alkanes) is 3. The van der Waals surface area contributed by atoms with Gasteiger partial charge >= 0.3 is 0 Å². The number of nitrogens with zero attached hydrogens (tertiary/aromatic N) is 3. The molecule has 1 heterocycles. The maximum Gasteiger partial charge on any atom is 0.228 e. The van der Waals surface area contributed by atoms with E-state index >= 15 is 0 Å². The molecule has 0 spiro atoms. The summed E-state index contributed by atoms with van der Waals surface area (Å²) in [6.07, 6.45) is 5.05. The molecular weight excluding hydrogens is 387 g/mol. The average Bonchev–Trinajstić information content (AvgIpc) is 2.76. The highest BCUT2D eigenvalue weighted by Crippen LogP contribution is 2.53. The van der Waals surface area contributed by atoms with Gasteiger partial charge in [-0.2, -0.15) is 0 Å². The van der Waals surface area contributed by atoms with E-state index in [2.05, 4.69) is 31.1 Å². The fourth-order valence-electron chi connectivity index (χ4n) is 2.20. The summed E-state index contributed by atoms with van der Waals surface area (Å²) in [7, 11) is 0. The van der Waals surface area contributed by atoms with Gasteiger partial charge in [0.2, 0.25) is 8.13 Å². The summed E-state index contributed by atoms with van der Waals surface area (Å²) in [6, 6.07) is 0. The van der Waals surface area contributed by atoms with Gasteiger partial charge in [0.15, 0.2) is 0 Å². The van der Waals surface area contributed by atoms with Crippen LogP contribution in [0.25, 0.3) is 0 Å². The summed E-state index contributed by atoms with van der Waals surface area (Å²) in [5.74, 6) is 0.364. The average molecular weight is 410 g/mol. The number of hydrogen-bond acceptors (Lipinski definition) is 2. The molecule has 0 aliphatic carbocycles. The van der Waals surface area contributed by atoms with Crippen molar-refractivity contribution in [3.05, 3.63) is 11.4 Å². The minimum absolute atomic E-state index is 0.364. The van der Waals surface area contributed by atoms with Crippen LogP contribution < -0.4 is 0 Å². The first-order valence-corrected chi connectivity index (χ1v) is 9.37. The van der Waals surface area contributed by atoms with Gasteiger partial charge in [-0.3, -0.25) is 0 Å². The van der Waals surface area contributed by atoms with Crippen molar-refractivity contribution in [3.8, 4) is 0 Å². The Labute approximate surface area is 157 Å². The van der Waals surface area contributed by atoms with Gasteiger partial charge in [-0.05, 0) is 18.8 Å². The second kappa shape index (κ2) is 8.62. The minimum Gasteiger partial charge on any atom is -0.246 e. The van der Waals surface area contributed by atoms with E-state index in [1.807, 2.05) is 0 Å². The molecule has 0 aliphatic heterocycles. The number of halogens is 5. The number of aromatic nitrogens is 3. The molecule has 1 aromatic rings. The molecule has 1 rings (SSSR count). The molecule has 0 saturated heterocycles. The van der Waals surface area contributed by atoms with Crippen LogP contribution in [-0.2, 0) is 17.3 Å². The number of alkyl halides is 5. The number of aryl methyl sites for hydroxylation is 1. The predicted octanol–water partition coefficient (Wildman–Crippen LogP) is 6.06. The predicted molar refractivity (Wildman–Crippen MR) is 96.4 cm³/mol. The summed E-state index contributed by atoms with van der Waals surface area (Å²) >= 11 is 30.7. The zero-order chi connectivity index (χ0) is 17.0. The standard InChI is InChI=1S/C14H22Cl5N3/c1-4-5-6-7-8-22-12(13(15,16)14(17,18)19)11(20-21-22)9-10(2)3/h10H,4-9H2,1-3H3. The third kappa shape index (κ3) is 5.31. The fraction of sp³-hybridized carbons (Fsp3) is 0.857. The topological polar surface area (TPSA) is 30.7 Å². The van der Waals surface area contributed by atoms with Crippen LogP contribution in [0.15, 0.2) is 0 Å². The Morgan fingerprint density at radius 2 is 1.68 bits per heavy atom. The largest absolute Gasteiger partial charge is 0.246 e. The van der Waals surface area contributed by atoms with Crippen LogP contribution in [-0.4, -0.2) is 18.8 Å². The van der Waals surface area contributed by atoms with Crippen molar-refractivity contribution >= 4 is 58.0 Å². The fourth-order valence-corrected chi connectivity index (χ4v) is 2.88. The highest BCUT2D eigenvalue weighted by Gasteiger charge is 2.51. The normalized spacial score (nSPS) is 13.1. The van der Waals surface area contributed by atoms with Crippen LogP contribution in [0.1, 0.15) is 57.8 Å². The van der Waals surface area contributed by atoms with Crippen molar-refractivity contribution in [1.82, 2.24) is 15.0 Å². The molecular formula is C14H22Cl5N3. The molecule has 0 radical (unpaired) electrons. The summed E-state index contributed by atoms with van der Waals surface area (Å²) in [6.45, 7) is 6.96. The smallest absolute Gasteiger partial charge is 0.228 e. The van der Waals surface area contributed by atoms with E-state index in [1.165, 1.54) is 6.42 Å².